The Kier molecular flexibility index (Phi) is 4.29. The zero-order valence-electron chi connectivity index (χ0n) is 16.6. The maximum Gasteiger partial charge on any atom is 0.159 e. The molecule has 0 aliphatic heterocycles. The molecule has 0 fully saturated rings. The first-order chi connectivity index (χ1) is 15.3. The lowest BCUT2D eigenvalue weighted by molar-refractivity contribution is 0.669. The van der Waals surface area contributed by atoms with E-state index in [1.165, 1.54) is 10.8 Å². The van der Waals surface area contributed by atoms with E-state index in [1.54, 1.807) is 0 Å². The predicted octanol–water partition coefficient (Wildman–Crippen LogP) is 8.97. The van der Waals surface area contributed by atoms with Crippen molar-refractivity contribution in [3.05, 3.63) is 114 Å². The second kappa shape index (κ2) is 7.29. The van der Waals surface area contributed by atoms with Crippen LogP contribution in [-0.2, 0) is 0 Å². The third kappa shape index (κ3) is 3.09. The van der Waals surface area contributed by atoms with Gasteiger partial charge in [0, 0.05) is 26.6 Å². The molecule has 0 amide bonds. The molecule has 1 aromatic heterocycles. The van der Waals surface area contributed by atoms with Gasteiger partial charge in [-0.05, 0) is 53.2 Å². The highest BCUT2D eigenvalue weighted by Crippen LogP contribution is 2.44. The zero-order valence-corrected chi connectivity index (χ0v) is 18.2. The number of anilines is 3. The van der Waals surface area contributed by atoms with Gasteiger partial charge in [0.1, 0.15) is 5.58 Å². The molecule has 0 aliphatic carbocycles. The topological polar surface area (TPSA) is 16.4 Å². The first kappa shape index (κ1) is 18.2. The van der Waals surface area contributed by atoms with Crippen molar-refractivity contribution >= 4 is 65.7 Å². The van der Waals surface area contributed by atoms with Gasteiger partial charge in [-0.3, -0.25) is 0 Å². The minimum Gasteiger partial charge on any atom is -0.454 e. The van der Waals surface area contributed by atoms with Crippen molar-refractivity contribution in [2.24, 2.45) is 0 Å². The molecule has 148 valence electrons. The summed E-state index contributed by atoms with van der Waals surface area (Å²) in [4.78, 5) is 2.27. The molecule has 0 N–H and O–H groups in total. The highest BCUT2D eigenvalue weighted by molar-refractivity contribution is 9.10. The zero-order chi connectivity index (χ0) is 20.8. The highest BCUT2D eigenvalue weighted by Gasteiger charge is 2.20. The predicted molar refractivity (Wildman–Crippen MR) is 134 cm³/mol. The van der Waals surface area contributed by atoms with Crippen molar-refractivity contribution in [1.82, 2.24) is 0 Å². The first-order valence-electron chi connectivity index (χ1n) is 10.2. The number of benzene rings is 5. The minimum atomic E-state index is 0.876. The molecule has 2 nitrogen and oxygen atoms in total. The summed E-state index contributed by atoms with van der Waals surface area (Å²) in [6.07, 6.45) is 0. The van der Waals surface area contributed by atoms with Gasteiger partial charge in [-0.15, -0.1) is 0 Å². The van der Waals surface area contributed by atoms with Crippen LogP contribution in [0.3, 0.4) is 0 Å². The van der Waals surface area contributed by atoms with Crippen molar-refractivity contribution in [3.63, 3.8) is 0 Å². The average molecular weight is 464 g/mol. The number of rotatable bonds is 3. The lowest BCUT2D eigenvalue weighted by atomic mass is 10.1. The molecule has 0 saturated carbocycles. The van der Waals surface area contributed by atoms with Gasteiger partial charge in [-0.25, -0.2) is 0 Å². The Hall–Kier alpha value is -3.56. The van der Waals surface area contributed by atoms with Gasteiger partial charge in [-0.2, -0.15) is 0 Å². The fourth-order valence-corrected chi connectivity index (χ4v) is 4.71. The van der Waals surface area contributed by atoms with Crippen molar-refractivity contribution < 1.29 is 4.42 Å². The van der Waals surface area contributed by atoms with Gasteiger partial charge >= 0.3 is 0 Å². The summed E-state index contributed by atoms with van der Waals surface area (Å²) in [5, 5.41) is 4.65. The van der Waals surface area contributed by atoms with Crippen LogP contribution in [0.4, 0.5) is 17.1 Å². The first-order valence-corrected chi connectivity index (χ1v) is 11.0. The highest BCUT2D eigenvalue weighted by atomic mass is 79.9. The molecule has 0 saturated heterocycles. The molecule has 6 rings (SSSR count). The molecule has 3 heteroatoms. The van der Waals surface area contributed by atoms with E-state index < -0.39 is 0 Å². The molecule has 0 spiro atoms. The Morgan fingerprint density at radius 2 is 1.32 bits per heavy atom. The standard InChI is InChI=1S/C28H18BrNO/c29-21-17-25-24-12-6-7-13-27(24)31-28(25)26(18-21)30(22-10-2-1-3-11-22)23-15-14-19-8-4-5-9-20(19)16-23/h1-18H. The Balaban J connectivity index is 1.68. The summed E-state index contributed by atoms with van der Waals surface area (Å²) in [6.45, 7) is 0. The number of para-hydroxylation sites is 2. The van der Waals surface area contributed by atoms with E-state index in [0.717, 1.165) is 43.5 Å². The van der Waals surface area contributed by atoms with Gasteiger partial charge in [-0.1, -0.05) is 82.7 Å². The maximum atomic E-state index is 6.39. The number of fused-ring (bicyclic) bond motifs is 4. The molecular weight excluding hydrogens is 446 g/mol. The molecule has 5 aromatic carbocycles. The third-order valence-electron chi connectivity index (χ3n) is 5.67. The minimum absolute atomic E-state index is 0.876. The van der Waals surface area contributed by atoms with Crippen LogP contribution in [0.2, 0.25) is 0 Å². The summed E-state index contributed by atoms with van der Waals surface area (Å²) < 4.78 is 7.40. The van der Waals surface area contributed by atoms with Crippen molar-refractivity contribution in [1.29, 1.82) is 0 Å². The van der Waals surface area contributed by atoms with Crippen LogP contribution < -0.4 is 4.90 Å². The van der Waals surface area contributed by atoms with Crippen molar-refractivity contribution in [3.8, 4) is 0 Å². The molecule has 0 atom stereocenters. The summed E-state index contributed by atoms with van der Waals surface area (Å²) in [6, 6.07) is 37.9. The number of hydrogen-bond acceptors (Lipinski definition) is 2. The normalized spacial score (nSPS) is 11.4. The van der Waals surface area contributed by atoms with Crippen LogP contribution in [0.25, 0.3) is 32.7 Å². The smallest absolute Gasteiger partial charge is 0.159 e. The van der Waals surface area contributed by atoms with Crippen molar-refractivity contribution in [2.45, 2.75) is 0 Å². The summed E-state index contributed by atoms with van der Waals surface area (Å²) in [5.74, 6) is 0. The molecule has 1 heterocycles. The Morgan fingerprint density at radius 3 is 2.19 bits per heavy atom. The molecular formula is C28H18BrNO. The summed E-state index contributed by atoms with van der Waals surface area (Å²) >= 11 is 3.74. The summed E-state index contributed by atoms with van der Waals surface area (Å²) in [7, 11) is 0. The molecule has 0 unspecified atom stereocenters. The van der Waals surface area contributed by atoms with E-state index in [0.29, 0.717) is 0 Å². The van der Waals surface area contributed by atoms with E-state index >= 15 is 0 Å². The van der Waals surface area contributed by atoms with E-state index in [1.807, 2.05) is 18.2 Å². The van der Waals surface area contributed by atoms with E-state index in [-0.39, 0.29) is 0 Å². The molecule has 0 radical (unpaired) electrons. The number of hydrogen-bond donors (Lipinski definition) is 0. The molecule has 31 heavy (non-hydrogen) atoms. The van der Waals surface area contributed by atoms with Crippen LogP contribution >= 0.6 is 15.9 Å². The van der Waals surface area contributed by atoms with Gasteiger partial charge in [0.15, 0.2) is 5.58 Å². The van der Waals surface area contributed by atoms with Gasteiger partial charge < -0.3 is 9.32 Å². The number of furan rings is 1. The van der Waals surface area contributed by atoms with E-state index in [9.17, 15) is 0 Å². The van der Waals surface area contributed by atoms with Crippen LogP contribution in [0, 0.1) is 0 Å². The Labute approximate surface area is 188 Å². The third-order valence-corrected chi connectivity index (χ3v) is 6.13. The lowest BCUT2D eigenvalue weighted by Crippen LogP contribution is -2.10. The SMILES string of the molecule is Brc1cc(N(c2ccccc2)c2ccc3ccccc3c2)c2oc3ccccc3c2c1. The second-order valence-electron chi connectivity index (χ2n) is 7.60. The Morgan fingerprint density at radius 1 is 0.581 bits per heavy atom. The molecule has 0 aliphatic rings. The molecule has 0 bridgehead atoms. The van der Waals surface area contributed by atoms with Crippen molar-refractivity contribution in [2.75, 3.05) is 4.90 Å². The lowest BCUT2D eigenvalue weighted by Gasteiger charge is -2.26. The van der Waals surface area contributed by atoms with Crippen LogP contribution in [0.5, 0.6) is 0 Å². The monoisotopic (exact) mass is 463 g/mol. The molecule has 6 aromatic rings. The number of nitrogens with zero attached hydrogens (tertiary/aromatic N) is 1. The maximum absolute atomic E-state index is 6.39. The van der Waals surface area contributed by atoms with Crippen LogP contribution in [0.1, 0.15) is 0 Å². The fraction of sp³-hybridized carbons (Fsp3) is 0. The second-order valence-corrected chi connectivity index (χ2v) is 8.52. The van der Waals surface area contributed by atoms with Gasteiger partial charge in [0.25, 0.3) is 0 Å². The quantitative estimate of drug-likeness (QED) is 0.260. The van der Waals surface area contributed by atoms with Crippen LogP contribution in [0.15, 0.2) is 118 Å². The van der Waals surface area contributed by atoms with E-state index in [4.69, 9.17) is 4.42 Å². The van der Waals surface area contributed by atoms with Crippen LogP contribution in [-0.4, -0.2) is 0 Å². The Bertz CT molecular complexity index is 1550. The largest absolute Gasteiger partial charge is 0.454 e. The fourth-order valence-electron chi connectivity index (χ4n) is 4.26. The van der Waals surface area contributed by atoms with Gasteiger partial charge in [0.2, 0.25) is 0 Å². The van der Waals surface area contributed by atoms with Gasteiger partial charge in [0.05, 0.1) is 5.69 Å². The average Bonchev–Trinajstić information content (AvgIpc) is 3.18. The summed E-state index contributed by atoms with van der Waals surface area (Å²) in [5.41, 5.74) is 4.94. The van der Waals surface area contributed by atoms with E-state index in [2.05, 4.69) is 112 Å². The number of halogens is 1.